The highest BCUT2D eigenvalue weighted by atomic mass is 35.5. The molecule has 2 aromatic carbocycles. The van der Waals surface area contributed by atoms with Crippen LogP contribution in [0.4, 0.5) is 45.6 Å². The number of methoxy groups -OCH3 is 1. The second-order valence-corrected chi connectivity index (χ2v) is 14.1. The molecule has 19 heteroatoms. The van der Waals surface area contributed by atoms with Crippen molar-refractivity contribution in [2.24, 2.45) is 0 Å². The van der Waals surface area contributed by atoms with Gasteiger partial charge in [0.05, 0.1) is 59.0 Å². The zero-order valence-corrected chi connectivity index (χ0v) is 32.1. The average Bonchev–Trinajstić information content (AvgIpc) is 3.62. The van der Waals surface area contributed by atoms with Gasteiger partial charge in [-0.25, -0.2) is 14.0 Å². The van der Waals surface area contributed by atoms with Gasteiger partial charge in [0, 0.05) is 56.3 Å². The smallest absolute Gasteiger partial charge is 0.448 e. The molecule has 0 radical (unpaired) electrons. The molecule has 5 rings (SSSR count). The van der Waals surface area contributed by atoms with Crippen molar-refractivity contribution < 1.29 is 41.8 Å². The maximum atomic E-state index is 14.3. The number of fused-ring (bicyclic) bond motifs is 1. The summed E-state index contributed by atoms with van der Waals surface area (Å²) in [7, 11) is 3.24. The van der Waals surface area contributed by atoms with Gasteiger partial charge in [0.15, 0.2) is 5.82 Å². The lowest BCUT2D eigenvalue weighted by Gasteiger charge is -2.36. The first-order valence-corrected chi connectivity index (χ1v) is 17.7. The SMILES string of the molecule is CCOC(=O)n1nc(NC(=O)c2ccc(N3CCN(C)CC3)cc2N(C(=O)C(F)(F)F)[C@@H](C)COC)c2c1C(C)(C)N(C(=O)N(Cl)c1ccccc1Cl)C2. The van der Waals surface area contributed by atoms with E-state index < -0.39 is 41.7 Å². The van der Waals surface area contributed by atoms with Gasteiger partial charge in [-0.2, -0.15) is 17.9 Å². The summed E-state index contributed by atoms with van der Waals surface area (Å²) in [6.07, 6.45) is -6.20. The van der Waals surface area contributed by atoms with Crippen molar-refractivity contribution in [1.82, 2.24) is 19.6 Å². The van der Waals surface area contributed by atoms with Gasteiger partial charge in [0.2, 0.25) is 0 Å². The number of carbonyl (C=O) groups excluding carboxylic acids is 4. The summed E-state index contributed by atoms with van der Waals surface area (Å²) >= 11 is 12.8. The molecule has 3 heterocycles. The number of halogens is 5. The number of likely N-dealkylation sites (N-methyl/N-ethyl adjacent to an activating group) is 1. The molecule has 0 saturated carbocycles. The summed E-state index contributed by atoms with van der Waals surface area (Å²) in [5, 5.41) is 7.18. The van der Waals surface area contributed by atoms with Crippen LogP contribution in [0.15, 0.2) is 42.5 Å². The third kappa shape index (κ3) is 7.94. The number of hydrogen-bond donors (Lipinski definition) is 1. The lowest BCUT2D eigenvalue weighted by Crippen LogP contribution is -2.49. The Kier molecular flexibility index (Phi) is 12.1. The van der Waals surface area contributed by atoms with Crippen molar-refractivity contribution in [1.29, 1.82) is 0 Å². The number of amides is 4. The van der Waals surface area contributed by atoms with E-state index >= 15 is 0 Å². The first-order valence-electron chi connectivity index (χ1n) is 17.0. The molecule has 1 aromatic heterocycles. The summed E-state index contributed by atoms with van der Waals surface area (Å²) in [5.74, 6) is -3.30. The lowest BCUT2D eigenvalue weighted by molar-refractivity contribution is -0.171. The minimum Gasteiger partial charge on any atom is -0.448 e. The number of aromatic nitrogens is 2. The maximum Gasteiger partial charge on any atom is 0.471 e. The zero-order chi connectivity index (χ0) is 39.7. The predicted molar refractivity (Wildman–Crippen MR) is 197 cm³/mol. The Labute approximate surface area is 320 Å². The Morgan fingerprint density at radius 2 is 1.72 bits per heavy atom. The van der Waals surface area contributed by atoms with E-state index in [-0.39, 0.29) is 58.8 Å². The van der Waals surface area contributed by atoms with E-state index in [1.54, 1.807) is 51.1 Å². The number of benzene rings is 2. The molecule has 2 aliphatic rings. The van der Waals surface area contributed by atoms with Gasteiger partial charge >= 0.3 is 24.2 Å². The van der Waals surface area contributed by atoms with Crippen LogP contribution in [0.5, 0.6) is 0 Å². The maximum absolute atomic E-state index is 14.3. The third-order valence-corrected chi connectivity index (χ3v) is 10.00. The largest absolute Gasteiger partial charge is 0.471 e. The van der Waals surface area contributed by atoms with Gasteiger partial charge in [-0.05, 0) is 65.1 Å². The molecule has 3 aromatic rings. The summed E-state index contributed by atoms with van der Waals surface area (Å²) in [4.78, 5) is 60.3. The molecule has 4 amide bonds. The number of para-hydroxylation sites is 1. The highest BCUT2D eigenvalue weighted by Gasteiger charge is 2.49. The van der Waals surface area contributed by atoms with E-state index in [1.807, 2.05) is 11.9 Å². The van der Waals surface area contributed by atoms with Crippen LogP contribution >= 0.6 is 23.4 Å². The monoisotopic (exact) mass is 796 g/mol. The number of piperazine rings is 1. The highest BCUT2D eigenvalue weighted by molar-refractivity contribution is 6.41. The summed E-state index contributed by atoms with van der Waals surface area (Å²) in [6.45, 7) is 8.24. The van der Waals surface area contributed by atoms with E-state index in [2.05, 4.69) is 15.3 Å². The van der Waals surface area contributed by atoms with Gasteiger partial charge in [0.1, 0.15) is 0 Å². The molecule has 2 aliphatic heterocycles. The average molecular weight is 798 g/mol. The Morgan fingerprint density at radius 3 is 2.33 bits per heavy atom. The topological polar surface area (TPSA) is 133 Å². The number of urea groups is 1. The summed E-state index contributed by atoms with van der Waals surface area (Å²) < 4.78 is 54.6. The standard InChI is InChI=1S/C35H41Cl2F3N8O6/c1-7-54-33(52)48-28-24(19-45(34(28,3)4)32(51)47(37)26-11-9-8-10-25(26)36)29(42-48)41-30(49)23-13-12-22(44-16-14-43(5)15-17-44)18-27(23)46(21(2)20-53-6)31(50)35(38,39)40/h8-13,18,21H,7,14-17,19-20H2,1-6H3,(H,41,42,49)/t21-/m0/s1. The second kappa shape index (κ2) is 16.0. The summed E-state index contributed by atoms with van der Waals surface area (Å²) in [5.41, 5.74) is -0.730. The predicted octanol–water partition coefficient (Wildman–Crippen LogP) is 6.31. The van der Waals surface area contributed by atoms with Crippen molar-refractivity contribution in [2.75, 3.05) is 73.1 Å². The molecule has 14 nitrogen and oxygen atoms in total. The number of rotatable bonds is 9. The number of carbonyl (C=O) groups is 4. The quantitative estimate of drug-likeness (QED) is 0.248. The van der Waals surface area contributed by atoms with Crippen LogP contribution in [0, 0.1) is 0 Å². The normalized spacial score (nSPS) is 16.1. The van der Waals surface area contributed by atoms with Crippen molar-refractivity contribution in [3.63, 3.8) is 0 Å². The molecule has 1 N–H and O–H groups in total. The molecule has 292 valence electrons. The van der Waals surface area contributed by atoms with Crippen LogP contribution in [0.25, 0.3) is 0 Å². The van der Waals surface area contributed by atoms with Crippen molar-refractivity contribution in [2.45, 2.75) is 52.0 Å². The summed E-state index contributed by atoms with van der Waals surface area (Å²) in [6, 6.07) is 8.86. The zero-order valence-electron chi connectivity index (χ0n) is 30.5. The van der Waals surface area contributed by atoms with Crippen LogP contribution in [0.2, 0.25) is 5.02 Å². The fourth-order valence-corrected chi connectivity index (χ4v) is 7.11. The first kappa shape index (κ1) is 40.6. The molecular formula is C35H41Cl2F3N8O6. The number of hydrogen-bond acceptors (Lipinski definition) is 9. The molecule has 0 bridgehead atoms. The van der Waals surface area contributed by atoms with Crippen molar-refractivity contribution >= 4 is 70.2 Å². The van der Waals surface area contributed by atoms with E-state index in [0.29, 0.717) is 36.8 Å². The Hall–Kier alpha value is -4.58. The Balaban J connectivity index is 1.59. The van der Waals surface area contributed by atoms with Crippen LogP contribution in [0.1, 0.15) is 49.3 Å². The molecule has 54 heavy (non-hydrogen) atoms. The molecule has 1 fully saturated rings. The Morgan fingerprint density at radius 1 is 1.06 bits per heavy atom. The molecule has 0 aliphatic carbocycles. The van der Waals surface area contributed by atoms with E-state index in [0.717, 1.165) is 9.10 Å². The van der Waals surface area contributed by atoms with Crippen LogP contribution in [0.3, 0.4) is 0 Å². The van der Waals surface area contributed by atoms with E-state index in [4.69, 9.17) is 32.9 Å². The molecule has 0 spiro atoms. The molecule has 0 unspecified atom stereocenters. The van der Waals surface area contributed by atoms with E-state index in [9.17, 15) is 32.3 Å². The number of nitrogens with zero attached hydrogens (tertiary/aromatic N) is 7. The Bertz CT molecular complexity index is 1920. The number of nitrogens with one attached hydrogen (secondary N) is 1. The fraction of sp³-hybridized carbons (Fsp3) is 0.457. The van der Waals surface area contributed by atoms with Crippen LogP contribution in [-0.4, -0.2) is 109 Å². The van der Waals surface area contributed by atoms with Gasteiger partial charge in [-0.15, -0.1) is 5.10 Å². The van der Waals surface area contributed by atoms with Gasteiger partial charge in [0.25, 0.3) is 5.91 Å². The first-order chi connectivity index (χ1) is 25.4. The second-order valence-electron chi connectivity index (χ2n) is 13.4. The van der Waals surface area contributed by atoms with Gasteiger partial charge in [-0.3, -0.25) is 14.5 Å². The molecule has 1 saturated heterocycles. The van der Waals surface area contributed by atoms with Gasteiger partial charge < -0.3 is 29.5 Å². The molecular weight excluding hydrogens is 756 g/mol. The third-order valence-electron chi connectivity index (χ3n) is 9.35. The highest BCUT2D eigenvalue weighted by Crippen LogP contribution is 2.44. The number of ether oxygens (including phenoxy) is 2. The lowest BCUT2D eigenvalue weighted by atomic mass is 10.0. The fourth-order valence-electron chi connectivity index (χ4n) is 6.60. The van der Waals surface area contributed by atoms with Crippen LogP contribution in [-0.2, 0) is 26.4 Å². The number of alkyl halides is 3. The minimum absolute atomic E-state index is 0.0219. The van der Waals surface area contributed by atoms with Gasteiger partial charge in [-0.1, -0.05) is 23.7 Å². The van der Waals surface area contributed by atoms with Crippen LogP contribution < -0.4 is 19.5 Å². The van der Waals surface area contributed by atoms with Crippen molar-refractivity contribution in [3.8, 4) is 0 Å². The van der Waals surface area contributed by atoms with Crippen molar-refractivity contribution in [3.05, 3.63) is 64.3 Å². The molecule has 1 atom stereocenters. The van der Waals surface area contributed by atoms with E-state index in [1.165, 1.54) is 31.1 Å². The number of anilines is 4. The minimum atomic E-state index is -5.29.